The molecule has 2 aromatic heterocycles. The Bertz CT molecular complexity index is 988. The van der Waals surface area contributed by atoms with Crippen LogP contribution in [0.5, 0.6) is 0 Å². The lowest BCUT2D eigenvalue weighted by molar-refractivity contribution is 0.509. The second-order valence-electron chi connectivity index (χ2n) is 5.78. The Hall–Kier alpha value is -2.71. The molecular weight excluding hydrogens is 378 g/mol. The monoisotopic (exact) mass is 395 g/mol. The molecule has 0 bridgehead atoms. The average Bonchev–Trinajstić information content (AvgIpc) is 3.38. The van der Waals surface area contributed by atoms with E-state index in [0.29, 0.717) is 11.8 Å². The zero-order chi connectivity index (χ0) is 18.5. The van der Waals surface area contributed by atoms with Gasteiger partial charge in [-0.1, -0.05) is 71.6 Å². The topological polar surface area (TPSA) is 76.7 Å². The second-order valence-corrected chi connectivity index (χ2v) is 8.35. The van der Waals surface area contributed by atoms with E-state index in [1.165, 1.54) is 16.9 Å². The van der Waals surface area contributed by atoms with E-state index in [1.54, 1.807) is 11.8 Å². The van der Waals surface area contributed by atoms with Crippen LogP contribution in [0.2, 0.25) is 0 Å². The molecule has 0 aliphatic rings. The number of hydrogen-bond donors (Lipinski definition) is 1. The van der Waals surface area contributed by atoms with E-state index in [9.17, 15) is 0 Å². The highest BCUT2D eigenvalue weighted by molar-refractivity contribution is 8.01. The molecule has 27 heavy (non-hydrogen) atoms. The van der Waals surface area contributed by atoms with Crippen molar-refractivity contribution in [2.45, 2.75) is 23.1 Å². The molecule has 0 saturated carbocycles. The first-order valence-electron chi connectivity index (χ1n) is 8.45. The van der Waals surface area contributed by atoms with Gasteiger partial charge in [0, 0.05) is 12.1 Å². The molecule has 0 amide bonds. The van der Waals surface area contributed by atoms with Crippen LogP contribution < -0.4 is 5.32 Å². The van der Waals surface area contributed by atoms with Gasteiger partial charge in [-0.2, -0.15) is 0 Å². The van der Waals surface area contributed by atoms with E-state index in [2.05, 4.69) is 37.8 Å². The number of aromatic nitrogens is 4. The quantitative estimate of drug-likeness (QED) is 0.439. The first-order chi connectivity index (χ1) is 13.3. The van der Waals surface area contributed by atoms with Gasteiger partial charge in [-0.25, -0.2) is 0 Å². The molecule has 1 N–H and O–H groups in total. The molecule has 2 heterocycles. The van der Waals surface area contributed by atoms with Crippen molar-refractivity contribution in [3.05, 3.63) is 72.1 Å². The Morgan fingerprint density at radius 2 is 1.70 bits per heavy atom. The number of nitrogens with zero attached hydrogens (tertiary/aromatic N) is 4. The van der Waals surface area contributed by atoms with E-state index >= 15 is 0 Å². The molecule has 0 aliphatic heterocycles. The van der Waals surface area contributed by atoms with Crippen LogP contribution in [0.4, 0.5) is 5.13 Å². The molecule has 0 fully saturated rings. The zero-order valence-electron chi connectivity index (χ0n) is 14.6. The highest BCUT2D eigenvalue weighted by Crippen LogP contribution is 2.37. The fraction of sp³-hybridized carbons (Fsp3) is 0.158. The van der Waals surface area contributed by atoms with Crippen molar-refractivity contribution < 1.29 is 4.42 Å². The number of rotatable bonds is 7. The van der Waals surface area contributed by atoms with Gasteiger partial charge in [0.2, 0.25) is 16.9 Å². The summed E-state index contributed by atoms with van der Waals surface area (Å²) < 4.78 is 6.67. The number of hydrogen-bond acceptors (Lipinski definition) is 8. The van der Waals surface area contributed by atoms with Gasteiger partial charge in [-0.15, -0.1) is 20.4 Å². The molecule has 4 rings (SSSR count). The molecule has 0 aliphatic carbocycles. The fourth-order valence-corrected chi connectivity index (χ4v) is 4.32. The maximum absolute atomic E-state index is 5.81. The first-order valence-corrected chi connectivity index (χ1v) is 10.1. The lowest BCUT2D eigenvalue weighted by atomic mass is 10.2. The largest absolute Gasteiger partial charge is 0.419 e. The van der Waals surface area contributed by atoms with Crippen molar-refractivity contribution in [1.82, 2.24) is 20.4 Å². The molecule has 1 atom stereocenters. The predicted octanol–water partition coefficient (Wildman–Crippen LogP) is 5.05. The number of benzene rings is 2. The molecule has 0 radical (unpaired) electrons. The summed E-state index contributed by atoms with van der Waals surface area (Å²) in [5.74, 6) is 1.10. The van der Waals surface area contributed by atoms with Crippen molar-refractivity contribution in [3.8, 4) is 11.5 Å². The number of thioether (sulfide) groups is 1. The Labute approximate surface area is 165 Å². The minimum absolute atomic E-state index is 0.00937. The molecular formula is C19H17N5OS2. The van der Waals surface area contributed by atoms with Crippen LogP contribution in [0.3, 0.4) is 0 Å². The van der Waals surface area contributed by atoms with E-state index < -0.39 is 0 Å². The fourth-order valence-electron chi connectivity index (χ4n) is 2.40. The maximum Gasteiger partial charge on any atom is 0.247 e. The van der Waals surface area contributed by atoms with Gasteiger partial charge in [-0.05, 0) is 24.6 Å². The molecule has 2 aromatic carbocycles. The summed E-state index contributed by atoms with van der Waals surface area (Å²) in [7, 11) is 0. The number of nitrogens with one attached hydrogen (secondary N) is 1. The Morgan fingerprint density at radius 3 is 2.48 bits per heavy atom. The minimum Gasteiger partial charge on any atom is -0.419 e. The first kappa shape index (κ1) is 17.7. The summed E-state index contributed by atoms with van der Waals surface area (Å²) in [5.41, 5.74) is 2.12. The van der Waals surface area contributed by atoms with Crippen LogP contribution in [0.25, 0.3) is 11.5 Å². The number of anilines is 1. The van der Waals surface area contributed by atoms with Crippen LogP contribution >= 0.6 is 23.1 Å². The summed E-state index contributed by atoms with van der Waals surface area (Å²) in [5, 5.41) is 20.8. The van der Waals surface area contributed by atoms with Gasteiger partial charge in [-0.3, -0.25) is 0 Å². The molecule has 0 spiro atoms. The highest BCUT2D eigenvalue weighted by Gasteiger charge is 2.18. The van der Waals surface area contributed by atoms with Crippen molar-refractivity contribution in [3.63, 3.8) is 0 Å². The zero-order valence-corrected chi connectivity index (χ0v) is 16.2. The highest BCUT2D eigenvalue weighted by atomic mass is 32.2. The van der Waals surface area contributed by atoms with Crippen LogP contribution in [-0.2, 0) is 6.54 Å². The third kappa shape index (κ3) is 4.53. The predicted molar refractivity (Wildman–Crippen MR) is 108 cm³/mol. The average molecular weight is 396 g/mol. The second kappa shape index (κ2) is 8.32. The van der Waals surface area contributed by atoms with Crippen molar-refractivity contribution in [1.29, 1.82) is 0 Å². The summed E-state index contributed by atoms with van der Waals surface area (Å²) >= 11 is 3.07. The van der Waals surface area contributed by atoms with E-state index in [1.807, 2.05) is 55.5 Å². The summed E-state index contributed by atoms with van der Waals surface area (Å²) in [6.07, 6.45) is 0. The van der Waals surface area contributed by atoms with Gasteiger partial charge in [0.1, 0.15) is 0 Å². The lowest BCUT2D eigenvalue weighted by Crippen LogP contribution is -1.98. The van der Waals surface area contributed by atoms with Crippen LogP contribution in [0.15, 0.2) is 69.4 Å². The molecule has 4 aromatic rings. The maximum atomic E-state index is 5.81. The Kier molecular flexibility index (Phi) is 5.45. The van der Waals surface area contributed by atoms with Crippen molar-refractivity contribution in [2.75, 3.05) is 5.32 Å². The smallest absolute Gasteiger partial charge is 0.247 e. The van der Waals surface area contributed by atoms with Crippen molar-refractivity contribution >= 4 is 28.2 Å². The SMILES string of the molecule is CC(Sc1nnc(NCc2ccccc2)s1)c1nnc(-c2ccccc2)o1. The third-order valence-electron chi connectivity index (χ3n) is 3.78. The van der Waals surface area contributed by atoms with Gasteiger partial charge >= 0.3 is 0 Å². The summed E-state index contributed by atoms with van der Waals surface area (Å²) in [4.78, 5) is 0. The molecule has 136 valence electrons. The molecule has 1 unspecified atom stereocenters. The lowest BCUT2D eigenvalue weighted by Gasteiger charge is -2.02. The van der Waals surface area contributed by atoms with Gasteiger partial charge < -0.3 is 9.73 Å². The van der Waals surface area contributed by atoms with E-state index in [0.717, 1.165) is 21.6 Å². The molecule has 8 heteroatoms. The third-order valence-corrected chi connectivity index (χ3v) is 5.83. The van der Waals surface area contributed by atoms with Gasteiger partial charge in [0.25, 0.3) is 0 Å². The Morgan fingerprint density at radius 1 is 0.963 bits per heavy atom. The normalized spacial score (nSPS) is 12.0. The molecule has 6 nitrogen and oxygen atoms in total. The standard InChI is InChI=1S/C19H17N5OS2/c1-13(16-21-22-17(25-16)15-10-6-3-7-11-15)26-19-24-23-18(27-19)20-12-14-8-4-2-5-9-14/h2-11,13H,12H2,1H3,(H,20,23). The van der Waals surface area contributed by atoms with Gasteiger partial charge in [0.05, 0.1) is 5.25 Å². The van der Waals surface area contributed by atoms with Gasteiger partial charge in [0.15, 0.2) is 4.34 Å². The Balaban J connectivity index is 1.37. The molecule has 0 saturated heterocycles. The summed E-state index contributed by atoms with van der Waals surface area (Å²) in [6.45, 7) is 2.74. The van der Waals surface area contributed by atoms with Crippen LogP contribution in [0.1, 0.15) is 23.6 Å². The minimum atomic E-state index is -0.00937. The van der Waals surface area contributed by atoms with E-state index in [4.69, 9.17) is 4.42 Å². The van der Waals surface area contributed by atoms with Crippen molar-refractivity contribution in [2.24, 2.45) is 0 Å². The summed E-state index contributed by atoms with van der Waals surface area (Å²) in [6, 6.07) is 19.9. The van der Waals surface area contributed by atoms with Crippen LogP contribution in [0, 0.1) is 0 Å². The van der Waals surface area contributed by atoms with Crippen LogP contribution in [-0.4, -0.2) is 20.4 Å². The van der Waals surface area contributed by atoms with E-state index in [-0.39, 0.29) is 5.25 Å².